The van der Waals surface area contributed by atoms with E-state index in [4.69, 9.17) is 9.47 Å². The van der Waals surface area contributed by atoms with Gasteiger partial charge in [0, 0.05) is 56.3 Å². The van der Waals surface area contributed by atoms with E-state index in [0.717, 1.165) is 18.6 Å². The van der Waals surface area contributed by atoms with Crippen molar-refractivity contribution in [1.82, 2.24) is 4.90 Å². The van der Waals surface area contributed by atoms with Gasteiger partial charge in [-0.05, 0) is 12.0 Å². The second kappa shape index (κ2) is 9.03. The Labute approximate surface area is 186 Å². The topological polar surface area (TPSA) is 54.0 Å². The van der Waals surface area contributed by atoms with Gasteiger partial charge in [0.1, 0.15) is 0 Å². The van der Waals surface area contributed by atoms with Crippen molar-refractivity contribution in [2.45, 2.75) is 18.4 Å². The summed E-state index contributed by atoms with van der Waals surface area (Å²) in [5.74, 6) is -1.53. The highest BCUT2D eigenvalue weighted by atomic mass is 19.2. The largest absolute Gasteiger partial charge is 0.381 e. The maximum Gasteiger partial charge on any atom is 0.322 e. The molecule has 0 aliphatic carbocycles. The number of nitrogens with one attached hydrogen (secondary N) is 1. The lowest BCUT2D eigenvalue weighted by molar-refractivity contribution is 0.0272. The molecule has 2 aromatic rings. The first-order valence-electron chi connectivity index (χ1n) is 11.1. The van der Waals surface area contributed by atoms with E-state index in [1.165, 1.54) is 5.56 Å². The van der Waals surface area contributed by atoms with Crippen molar-refractivity contribution in [3.63, 3.8) is 0 Å². The number of urea groups is 1. The normalized spacial score (nSPS) is 25.5. The Morgan fingerprint density at radius 3 is 2.53 bits per heavy atom. The molecule has 3 aliphatic heterocycles. The molecule has 3 saturated heterocycles. The molecule has 3 fully saturated rings. The number of hydrogen-bond donors (Lipinski definition) is 1. The summed E-state index contributed by atoms with van der Waals surface area (Å²) in [6, 6.07) is 12.2. The molecule has 0 saturated carbocycles. The van der Waals surface area contributed by atoms with Gasteiger partial charge in [0.05, 0.1) is 31.2 Å². The molecule has 5 rings (SSSR count). The molecule has 170 valence electrons. The van der Waals surface area contributed by atoms with Gasteiger partial charge in [-0.15, -0.1) is 0 Å². The highest BCUT2D eigenvalue weighted by Crippen LogP contribution is 2.41. The molecule has 3 aliphatic rings. The Hall–Kier alpha value is -2.71. The summed E-state index contributed by atoms with van der Waals surface area (Å²) < 4.78 is 39.3. The minimum Gasteiger partial charge on any atom is -0.381 e. The fourth-order valence-electron chi connectivity index (χ4n) is 5.18. The lowest BCUT2D eigenvalue weighted by Crippen LogP contribution is -2.44. The van der Waals surface area contributed by atoms with Gasteiger partial charge in [-0.1, -0.05) is 30.3 Å². The highest BCUT2D eigenvalue weighted by Gasteiger charge is 2.46. The number of halogens is 2. The predicted octanol–water partition coefficient (Wildman–Crippen LogP) is 3.84. The molecule has 8 heteroatoms. The highest BCUT2D eigenvalue weighted by molar-refractivity contribution is 5.93. The van der Waals surface area contributed by atoms with E-state index in [9.17, 15) is 13.6 Å². The predicted molar refractivity (Wildman–Crippen MR) is 117 cm³/mol. The summed E-state index contributed by atoms with van der Waals surface area (Å²) in [5, 5.41) is 2.88. The molecule has 3 atom stereocenters. The van der Waals surface area contributed by atoms with Crippen molar-refractivity contribution in [3.05, 3.63) is 59.7 Å². The second-order valence-electron chi connectivity index (χ2n) is 8.58. The van der Waals surface area contributed by atoms with Crippen molar-refractivity contribution in [3.8, 4) is 0 Å². The van der Waals surface area contributed by atoms with Crippen molar-refractivity contribution in [2.24, 2.45) is 5.92 Å². The smallest absolute Gasteiger partial charge is 0.322 e. The van der Waals surface area contributed by atoms with Crippen molar-refractivity contribution in [1.29, 1.82) is 0 Å². The third-order valence-electron chi connectivity index (χ3n) is 6.79. The van der Waals surface area contributed by atoms with Crippen LogP contribution >= 0.6 is 0 Å². The van der Waals surface area contributed by atoms with Crippen LogP contribution in [0.1, 0.15) is 17.9 Å². The monoisotopic (exact) mass is 443 g/mol. The first-order chi connectivity index (χ1) is 15.6. The number of nitrogens with zero attached hydrogens (tertiary/aromatic N) is 2. The van der Waals surface area contributed by atoms with Crippen molar-refractivity contribution < 1.29 is 23.0 Å². The number of rotatable bonds is 3. The van der Waals surface area contributed by atoms with Crippen LogP contribution in [0.2, 0.25) is 0 Å². The summed E-state index contributed by atoms with van der Waals surface area (Å²) in [7, 11) is 0. The Morgan fingerprint density at radius 1 is 1.00 bits per heavy atom. The fourth-order valence-corrected chi connectivity index (χ4v) is 5.18. The van der Waals surface area contributed by atoms with E-state index in [2.05, 4.69) is 17.4 Å². The molecule has 6 nitrogen and oxygen atoms in total. The zero-order valence-electron chi connectivity index (χ0n) is 17.8. The van der Waals surface area contributed by atoms with Crippen molar-refractivity contribution >= 4 is 17.4 Å². The maximum atomic E-state index is 14.1. The van der Waals surface area contributed by atoms with Crippen LogP contribution in [0.25, 0.3) is 0 Å². The van der Waals surface area contributed by atoms with Crippen LogP contribution in [0.15, 0.2) is 42.5 Å². The Bertz CT molecular complexity index is 968. The van der Waals surface area contributed by atoms with Gasteiger partial charge in [-0.2, -0.15) is 0 Å². The molecular formula is C24H27F2N3O3. The Balaban J connectivity index is 1.40. The van der Waals surface area contributed by atoms with Gasteiger partial charge in [0.25, 0.3) is 0 Å². The lowest BCUT2D eigenvalue weighted by atomic mass is 9.84. The summed E-state index contributed by atoms with van der Waals surface area (Å²) in [6.45, 7) is 3.88. The van der Waals surface area contributed by atoms with Crippen LogP contribution in [0, 0.1) is 17.6 Å². The molecule has 0 radical (unpaired) electrons. The number of benzene rings is 2. The van der Waals surface area contributed by atoms with Crippen LogP contribution in [0.4, 0.5) is 25.0 Å². The minimum atomic E-state index is -0.982. The third-order valence-corrected chi connectivity index (χ3v) is 6.79. The van der Waals surface area contributed by atoms with Gasteiger partial charge in [0.2, 0.25) is 0 Å². The minimum absolute atomic E-state index is 0.0473. The Morgan fingerprint density at radius 2 is 1.75 bits per heavy atom. The molecule has 3 unspecified atom stereocenters. The number of hydrogen-bond acceptors (Lipinski definition) is 4. The number of carbonyl (C=O) groups is 1. The Kier molecular flexibility index (Phi) is 5.97. The number of anilines is 2. The number of fused-ring (bicyclic) bond motifs is 1. The molecular weight excluding hydrogens is 416 g/mol. The van der Waals surface area contributed by atoms with Crippen LogP contribution in [-0.4, -0.2) is 63.0 Å². The van der Waals surface area contributed by atoms with Gasteiger partial charge in [-0.25, -0.2) is 13.6 Å². The summed E-state index contributed by atoms with van der Waals surface area (Å²) in [4.78, 5) is 17.1. The quantitative estimate of drug-likeness (QED) is 0.783. The molecule has 0 aromatic heterocycles. The molecule has 0 bridgehead atoms. The molecule has 3 heterocycles. The van der Waals surface area contributed by atoms with Crippen LogP contribution in [0.5, 0.6) is 0 Å². The zero-order valence-corrected chi connectivity index (χ0v) is 17.8. The lowest BCUT2D eigenvalue weighted by Gasteiger charge is -2.33. The number of amides is 2. The average molecular weight is 443 g/mol. The van der Waals surface area contributed by atoms with Gasteiger partial charge >= 0.3 is 6.03 Å². The number of carbonyl (C=O) groups excluding carboxylic acids is 1. The van der Waals surface area contributed by atoms with Crippen LogP contribution in [0.3, 0.4) is 0 Å². The molecule has 0 spiro atoms. The van der Waals surface area contributed by atoms with Gasteiger partial charge in [-0.3, -0.25) is 0 Å². The molecule has 1 N–H and O–H groups in total. The maximum absolute atomic E-state index is 14.1. The number of morpholine rings is 1. The van der Waals surface area contributed by atoms with E-state index < -0.39 is 11.6 Å². The first kappa shape index (κ1) is 21.2. The zero-order chi connectivity index (χ0) is 22.1. The SMILES string of the molecule is O=C(Nc1cc(F)c(F)cc1N1CCOCC1)N1CC(c2ccccc2)C2COCCC21. The second-order valence-corrected chi connectivity index (χ2v) is 8.58. The number of ether oxygens (including phenoxy) is 2. The molecule has 2 amide bonds. The summed E-state index contributed by atoms with van der Waals surface area (Å²) in [5.41, 5.74) is 1.94. The summed E-state index contributed by atoms with van der Waals surface area (Å²) in [6.07, 6.45) is 0.759. The van der Waals surface area contributed by atoms with Crippen molar-refractivity contribution in [2.75, 3.05) is 56.3 Å². The molecule has 32 heavy (non-hydrogen) atoms. The number of likely N-dealkylation sites (tertiary alicyclic amines) is 1. The summed E-state index contributed by atoms with van der Waals surface area (Å²) >= 11 is 0. The first-order valence-corrected chi connectivity index (χ1v) is 11.1. The van der Waals surface area contributed by atoms with E-state index in [1.807, 2.05) is 28.0 Å². The van der Waals surface area contributed by atoms with Crippen LogP contribution < -0.4 is 10.2 Å². The van der Waals surface area contributed by atoms with Crippen LogP contribution in [-0.2, 0) is 9.47 Å². The molecule has 2 aromatic carbocycles. The van der Waals surface area contributed by atoms with Gasteiger partial charge < -0.3 is 24.6 Å². The fraction of sp³-hybridized carbons (Fsp3) is 0.458. The third kappa shape index (κ3) is 4.04. The standard InChI is InChI=1S/C24H27F2N3O3/c25-19-12-21(23(13-20(19)26)28-7-10-31-11-8-28)27-24(30)29-14-17(16-4-2-1-3-5-16)18-15-32-9-6-22(18)29/h1-5,12-13,17-18,22H,6-11,14-15H2,(H,27,30). The average Bonchev–Trinajstić information content (AvgIpc) is 3.22. The van der Waals surface area contributed by atoms with E-state index in [1.54, 1.807) is 0 Å². The van der Waals surface area contributed by atoms with E-state index >= 15 is 0 Å². The van der Waals surface area contributed by atoms with E-state index in [-0.39, 0.29) is 29.6 Å². The van der Waals surface area contributed by atoms with E-state index in [0.29, 0.717) is 51.7 Å². The van der Waals surface area contributed by atoms with Gasteiger partial charge in [0.15, 0.2) is 11.6 Å².